The number of rotatable bonds is 4. The predicted molar refractivity (Wildman–Crippen MR) is 67.9 cm³/mol. The normalized spacial score (nSPS) is 11.4. The summed E-state index contributed by atoms with van der Waals surface area (Å²) >= 11 is 3.24. The smallest absolute Gasteiger partial charge is 0.288 e. The maximum absolute atomic E-state index is 12.3. The molecule has 0 amide bonds. The number of halogens is 1. The summed E-state index contributed by atoms with van der Waals surface area (Å²) < 4.78 is 31.4. The molecule has 0 aliphatic heterocycles. The lowest BCUT2D eigenvalue weighted by atomic mass is 10.3. The van der Waals surface area contributed by atoms with Gasteiger partial charge in [0.2, 0.25) is 0 Å². The highest BCUT2D eigenvalue weighted by atomic mass is 79.9. The van der Waals surface area contributed by atoms with E-state index >= 15 is 0 Å². The van der Waals surface area contributed by atoms with Crippen LogP contribution in [0, 0.1) is 0 Å². The van der Waals surface area contributed by atoms with Crippen LogP contribution in [0.2, 0.25) is 0 Å². The molecule has 0 unspecified atom stereocenters. The molecule has 2 rings (SSSR count). The van der Waals surface area contributed by atoms with Crippen LogP contribution < -0.4 is 4.74 Å². The van der Waals surface area contributed by atoms with Crippen molar-refractivity contribution in [3.8, 4) is 5.75 Å². The van der Waals surface area contributed by atoms with Crippen LogP contribution in [0.25, 0.3) is 0 Å². The maximum atomic E-state index is 12.3. The van der Waals surface area contributed by atoms with Gasteiger partial charge in [0, 0.05) is 4.47 Å². The minimum absolute atomic E-state index is 0.0456. The van der Waals surface area contributed by atoms with E-state index in [9.17, 15) is 8.42 Å². The Hall–Kier alpha value is -1.41. The van der Waals surface area contributed by atoms with E-state index in [1.807, 2.05) is 0 Å². The van der Waals surface area contributed by atoms with E-state index in [4.69, 9.17) is 4.74 Å². The Bertz CT molecular complexity index is 640. The summed E-state index contributed by atoms with van der Waals surface area (Å²) in [5.41, 5.74) is 0. The molecule has 18 heavy (non-hydrogen) atoms. The van der Waals surface area contributed by atoms with Crippen LogP contribution in [-0.4, -0.2) is 29.2 Å². The summed E-state index contributed by atoms with van der Waals surface area (Å²) in [5.74, 6) is 0.288. The number of aromatic nitrogens is 3. The first-order valence-corrected chi connectivity index (χ1v) is 7.31. The Labute approximate surface area is 113 Å². The van der Waals surface area contributed by atoms with Crippen molar-refractivity contribution in [2.24, 2.45) is 0 Å². The first-order chi connectivity index (χ1) is 8.55. The largest absolute Gasteiger partial charge is 0.492 e. The molecule has 6 nitrogen and oxygen atoms in total. The van der Waals surface area contributed by atoms with Gasteiger partial charge < -0.3 is 4.74 Å². The summed E-state index contributed by atoms with van der Waals surface area (Å²) in [5, 5.41) is 3.64. The quantitative estimate of drug-likeness (QED) is 0.852. The average molecular weight is 332 g/mol. The van der Waals surface area contributed by atoms with Crippen LogP contribution in [0.3, 0.4) is 0 Å². The van der Waals surface area contributed by atoms with Crippen molar-refractivity contribution in [3.05, 3.63) is 35.3 Å². The fraction of sp³-hybridized carbons (Fsp3) is 0.200. The fourth-order valence-corrected chi connectivity index (χ4v) is 3.10. The van der Waals surface area contributed by atoms with Crippen molar-refractivity contribution in [2.45, 2.75) is 11.8 Å². The second-order valence-electron chi connectivity index (χ2n) is 3.30. The molecule has 0 fully saturated rings. The van der Waals surface area contributed by atoms with Gasteiger partial charge in [0.25, 0.3) is 10.0 Å². The van der Waals surface area contributed by atoms with Crippen LogP contribution in [0.4, 0.5) is 0 Å². The monoisotopic (exact) mass is 331 g/mol. The van der Waals surface area contributed by atoms with Crippen LogP contribution in [0.5, 0.6) is 5.75 Å². The molecule has 0 saturated carbocycles. The van der Waals surface area contributed by atoms with E-state index in [-0.39, 0.29) is 10.6 Å². The highest BCUT2D eigenvalue weighted by Crippen LogP contribution is 2.28. The first-order valence-electron chi connectivity index (χ1n) is 5.08. The Morgan fingerprint density at radius 2 is 2.22 bits per heavy atom. The lowest BCUT2D eigenvalue weighted by Gasteiger charge is -2.10. The van der Waals surface area contributed by atoms with Crippen LogP contribution in [-0.2, 0) is 10.0 Å². The first kappa shape index (κ1) is 13.0. The van der Waals surface area contributed by atoms with Crippen LogP contribution in [0.1, 0.15) is 6.92 Å². The van der Waals surface area contributed by atoms with Gasteiger partial charge in [-0.1, -0.05) is 15.9 Å². The van der Waals surface area contributed by atoms with Crippen molar-refractivity contribution in [1.29, 1.82) is 0 Å². The summed E-state index contributed by atoms with van der Waals surface area (Å²) in [6.07, 6.45) is 2.29. The van der Waals surface area contributed by atoms with Gasteiger partial charge in [-0.2, -0.15) is 8.42 Å². The zero-order valence-electron chi connectivity index (χ0n) is 9.45. The number of benzene rings is 1. The molecule has 0 aliphatic carbocycles. The van der Waals surface area contributed by atoms with Crippen molar-refractivity contribution in [2.75, 3.05) is 6.61 Å². The molecule has 8 heteroatoms. The minimum atomic E-state index is -3.78. The van der Waals surface area contributed by atoms with Crippen LogP contribution >= 0.6 is 15.9 Å². The van der Waals surface area contributed by atoms with E-state index < -0.39 is 10.0 Å². The summed E-state index contributed by atoms with van der Waals surface area (Å²) in [6.45, 7) is 2.16. The van der Waals surface area contributed by atoms with Gasteiger partial charge in [0.1, 0.15) is 23.3 Å². The zero-order valence-corrected chi connectivity index (χ0v) is 11.8. The van der Waals surface area contributed by atoms with Crippen molar-refractivity contribution in [1.82, 2.24) is 14.2 Å². The third-order valence-electron chi connectivity index (χ3n) is 2.13. The third-order valence-corrected chi connectivity index (χ3v) is 4.18. The summed E-state index contributed by atoms with van der Waals surface area (Å²) in [6, 6.07) is 4.78. The highest BCUT2D eigenvalue weighted by molar-refractivity contribution is 9.10. The Morgan fingerprint density at radius 1 is 1.44 bits per heavy atom. The van der Waals surface area contributed by atoms with Gasteiger partial charge in [-0.3, -0.25) is 0 Å². The van der Waals surface area contributed by atoms with Gasteiger partial charge in [-0.15, -0.1) is 9.19 Å². The molecule has 1 aromatic carbocycles. The highest BCUT2D eigenvalue weighted by Gasteiger charge is 2.22. The van der Waals surface area contributed by atoms with E-state index in [2.05, 4.69) is 26.0 Å². The molecule has 0 aliphatic rings. The summed E-state index contributed by atoms with van der Waals surface area (Å²) in [7, 11) is -3.78. The molecule has 96 valence electrons. The van der Waals surface area contributed by atoms with E-state index in [0.29, 0.717) is 11.1 Å². The fourth-order valence-electron chi connectivity index (χ4n) is 1.38. The molecule has 0 spiro atoms. The number of ether oxygens (including phenoxy) is 1. The molecule has 0 saturated heterocycles. The van der Waals surface area contributed by atoms with E-state index in [0.717, 1.165) is 16.7 Å². The molecular weight excluding hydrogens is 322 g/mol. The average Bonchev–Trinajstić information content (AvgIpc) is 2.86. The Kier molecular flexibility index (Phi) is 3.67. The predicted octanol–water partition coefficient (Wildman–Crippen LogP) is 1.68. The van der Waals surface area contributed by atoms with Gasteiger partial charge in [-0.05, 0) is 25.1 Å². The minimum Gasteiger partial charge on any atom is -0.492 e. The molecule has 2 aromatic rings. The topological polar surface area (TPSA) is 74.1 Å². The lowest BCUT2D eigenvalue weighted by Crippen LogP contribution is -2.15. The standard InChI is InChI=1S/C10H10BrN3O3S/c1-2-17-9-4-3-8(11)5-10(9)18(15,16)14-7-12-6-13-14/h3-7H,2H2,1H3. The number of hydrogen-bond acceptors (Lipinski definition) is 5. The molecule has 1 heterocycles. The number of hydrogen-bond donors (Lipinski definition) is 0. The van der Waals surface area contributed by atoms with Gasteiger partial charge in [0.15, 0.2) is 0 Å². The van der Waals surface area contributed by atoms with E-state index in [1.54, 1.807) is 19.1 Å². The van der Waals surface area contributed by atoms with Crippen molar-refractivity contribution in [3.63, 3.8) is 0 Å². The molecular formula is C10H10BrN3O3S. The van der Waals surface area contributed by atoms with Gasteiger partial charge >= 0.3 is 0 Å². The lowest BCUT2D eigenvalue weighted by molar-refractivity contribution is 0.331. The number of nitrogens with zero attached hydrogens (tertiary/aromatic N) is 3. The third kappa shape index (κ3) is 2.39. The zero-order chi connectivity index (χ0) is 13.2. The van der Waals surface area contributed by atoms with Gasteiger partial charge in [-0.25, -0.2) is 4.98 Å². The Balaban J connectivity index is 2.59. The Morgan fingerprint density at radius 3 is 2.83 bits per heavy atom. The second-order valence-corrected chi connectivity index (χ2v) is 5.98. The molecule has 1 aromatic heterocycles. The van der Waals surface area contributed by atoms with E-state index in [1.165, 1.54) is 6.07 Å². The van der Waals surface area contributed by atoms with Crippen LogP contribution in [0.15, 0.2) is 40.2 Å². The van der Waals surface area contributed by atoms with Crippen molar-refractivity contribution >= 4 is 26.0 Å². The molecule has 0 atom stereocenters. The molecule has 0 N–H and O–H groups in total. The molecule has 0 radical (unpaired) electrons. The second kappa shape index (κ2) is 5.07. The molecule has 0 bridgehead atoms. The SMILES string of the molecule is CCOc1ccc(Br)cc1S(=O)(=O)n1cncn1. The summed E-state index contributed by atoms with van der Waals surface area (Å²) in [4.78, 5) is 3.68. The van der Waals surface area contributed by atoms with Crippen molar-refractivity contribution < 1.29 is 13.2 Å². The maximum Gasteiger partial charge on any atom is 0.288 e. The van der Waals surface area contributed by atoms with Gasteiger partial charge in [0.05, 0.1) is 6.61 Å².